The maximum Gasteiger partial charge on any atom is 0.334 e. The molecule has 1 aromatic heterocycles. The number of hydrogen-bond acceptors (Lipinski definition) is 9. The molecular formula is C20H27N6O6S-. The summed E-state index contributed by atoms with van der Waals surface area (Å²) in [6.07, 6.45) is -1.10. The molecule has 3 N–H and O–H groups in total. The molecule has 1 aromatic carbocycles. The van der Waals surface area contributed by atoms with Crippen molar-refractivity contribution in [1.29, 1.82) is 0 Å². The van der Waals surface area contributed by atoms with E-state index in [-0.39, 0.29) is 29.5 Å². The zero-order valence-electron chi connectivity index (χ0n) is 18.6. The van der Waals surface area contributed by atoms with E-state index in [0.717, 1.165) is 10.5 Å². The number of carboxylic acid groups (broad SMARTS) is 1. The quantitative estimate of drug-likeness (QED) is 0.356. The van der Waals surface area contributed by atoms with Gasteiger partial charge in [-0.3, -0.25) is 10.1 Å². The number of nitrogens with two attached hydrogens (primary N) is 1. The van der Waals surface area contributed by atoms with E-state index in [1.807, 2.05) is 0 Å². The molecule has 1 amide bonds. The molecule has 0 fully saturated rings. The number of amides is 1. The Hall–Kier alpha value is -3.45. The topological polar surface area (TPSA) is 175 Å². The predicted octanol–water partition coefficient (Wildman–Crippen LogP) is 1.43. The Morgan fingerprint density at radius 2 is 1.76 bits per heavy atom. The molecule has 2 aromatic rings. The predicted molar refractivity (Wildman–Crippen MR) is 122 cm³/mol. The molecule has 0 aliphatic rings. The van der Waals surface area contributed by atoms with Crippen molar-refractivity contribution >= 4 is 39.1 Å². The Morgan fingerprint density at radius 1 is 1.15 bits per heavy atom. The van der Waals surface area contributed by atoms with Crippen molar-refractivity contribution in [1.82, 2.24) is 9.29 Å². The number of nitrogen functional groups attached to an aromatic ring is 1. The molecule has 2 rings (SSSR count). The van der Waals surface area contributed by atoms with Crippen molar-refractivity contribution < 1.29 is 23.2 Å². The zero-order chi connectivity index (χ0) is 24.8. The van der Waals surface area contributed by atoms with Gasteiger partial charge in [-0.1, -0.05) is 26.0 Å². The summed E-state index contributed by atoms with van der Waals surface area (Å²) in [6.45, 7) is 6.10. The zero-order valence-corrected chi connectivity index (χ0v) is 19.5. The van der Waals surface area contributed by atoms with E-state index < -0.39 is 32.5 Å². The normalized spacial score (nSPS) is 11.4. The van der Waals surface area contributed by atoms with Crippen molar-refractivity contribution in [3.63, 3.8) is 0 Å². The van der Waals surface area contributed by atoms with Gasteiger partial charge in [-0.05, 0) is 31.0 Å². The lowest BCUT2D eigenvalue weighted by Crippen LogP contribution is -2.41. The van der Waals surface area contributed by atoms with Crippen molar-refractivity contribution in [2.45, 2.75) is 32.1 Å². The van der Waals surface area contributed by atoms with Crippen molar-refractivity contribution in [2.24, 2.45) is 0 Å². The van der Waals surface area contributed by atoms with Crippen LogP contribution in [-0.4, -0.2) is 54.9 Å². The number of pyridine rings is 1. The first-order valence-corrected chi connectivity index (χ1v) is 11.8. The van der Waals surface area contributed by atoms with Gasteiger partial charge in [-0.2, -0.15) is 4.31 Å². The summed E-state index contributed by atoms with van der Waals surface area (Å²) in [5.74, 6) is -0.514. The molecule has 180 valence electrons. The molecule has 0 aliphatic heterocycles. The molecule has 0 radical (unpaired) electrons. The molecule has 13 heteroatoms. The Labute approximate surface area is 192 Å². The van der Waals surface area contributed by atoms with Gasteiger partial charge in [0.25, 0.3) is 0 Å². The number of carbonyl (C=O) groups excluding carboxylic acids is 1. The van der Waals surface area contributed by atoms with Gasteiger partial charge in [0.2, 0.25) is 15.8 Å². The molecule has 0 bridgehead atoms. The summed E-state index contributed by atoms with van der Waals surface area (Å²) in [7, 11) is -3.56. The average Bonchev–Trinajstić information content (AvgIpc) is 2.74. The number of benzene rings is 1. The second-order valence-corrected chi connectivity index (χ2v) is 8.88. The molecule has 33 heavy (non-hydrogen) atoms. The van der Waals surface area contributed by atoms with Crippen molar-refractivity contribution in [3.05, 3.63) is 46.0 Å². The first-order chi connectivity index (χ1) is 15.6. The molecular weight excluding hydrogens is 452 g/mol. The SMILES string of the molecule is CCN(C(=O)[O-])c1cc(NCCc2ccc(S(=O)(=O)N(CC)CC)cc2)c([N+](=O)[O-])c(N)n1. The third kappa shape index (κ3) is 5.87. The molecule has 1 heterocycles. The summed E-state index contributed by atoms with van der Waals surface area (Å²) in [5, 5.41) is 25.6. The molecule has 0 saturated carbocycles. The van der Waals surface area contributed by atoms with Gasteiger partial charge in [-0.15, -0.1) is 0 Å². The number of anilines is 3. The van der Waals surface area contributed by atoms with Crippen LogP contribution in [0.4, 0.5) is 27.8 Å². The summed E-state index contributed by atoms with van der Waals surface area (Å²) in [4.78, 5) is 26.8. The van der Waals surface area contributed by atoms with Crippen LogP contribution < -0.4 is 21.1 Å². The second kappa shape index (κ2) is 10.9. The minimum absolute atomic E-state index is 0.0166. The minimum Gasteiger partial charge on any atom is -0.530 e. The Bertz CT molecular complexity index is 1100. The smallest absolute Gasteiger partial charge is 0.334 e. The number of carbonyl (C=O) groups is 1. The highest BCUT2D eigenvalue weighted by Gasteiger charge is 2.23. The highest BCUT2D eigenvalue weighted by atomic mass is 32.2. The molecule has 12 nitrogen and oxygen atoms in total. The summed E-state index contributed by atoms with van der Waals surface area (Å²) in [5.41, 5.74) is 6.06. The van der Waals surface area contributed by atoms with Gasteiger partial charge in [0.1, 0.15) is 17.6 Å². The molecule has 0 saturated heterocycles. The Morgan fingerprint density at radius 3 is 2.24 bits per heavy atom. The maximum atomic E-state index is 12.6. The van der Waals surface area contributed by atoms with E-state index in [1.165, 1.54) is 22.5 Å². The standard InChI is InChI=1S/C20H28N6O6S/c1-4-24(5-2)33(31,32)15-9-7-14(8-10-15)11-12-22-16-13-17(25(6-3)20(27)28)23-19(21)18(16)26(29)30/h7-10,13H,4-6,11-12H2,1-3H3,(H,27,28)(H3,21,22,23)/p-1. The summed E-state index contributed by atoms with van der Waals surface area (Å²) in [6, 6.07) is 7.62. The first-order valence-electron chi connectivity index (χ1n) is 10.3. The average molecular weight is 480 g/mol. The van der Waals surface area contributed by atoms with E-state index in [9.17, 15) is 28.4 Å². The van der Waals surface area contributed by atoms with Crippen LogP contribution in [0.3, 0.4) is 0 Å². The Balaban J connectivity index is 2.20. The third-order valence-corrected chi connectivity index (χ3v) is 7.06. The fourth-order valence-corrected chi connectivity index (χ4v) is 4.73. The van der Waals surface area contributed by atoms with E-state index in [1.54, 1.807) is 32.9 Å². The highest BCUT2D eigenvalue weighted by Crippen LogP contribution is 2.33. The van der Waals surface area contributed by atoms with Crippen LogP contribution in [0.2, 0.25) is 0 Å². The van der Waals surface area contributed by atoms with Gasteiger partial charge < -0.3 is 25.9 Å². The number of hydrogen-bond donors (Lipinski definition) is 2. The fraction of sp³-hybridized carbons (Fsp3) is 0.400. The number of nitrogens with zero attached hydrogens (tertiary/aromatic N) is 4. The summed E-state index contributed by atoms with van der Waals surface area (Å²) >= 11 is 0. The maximum absolute atomic E-state index is 12.6. The largest absolute Gasteiger partial charge is 0.530 e. The number of sulfonamides is 1. The van der Waals surface area contributed by atoms with Crippen LogP contribution in [0.25, 0.3) is 0 Å². The highest BCUT2D eigenvalue weighted by molar-refractivity contribution is 7.89. The summed E-state index contributed by atoms with van der Waals surface area (Å²) < 4.78 is 26.5. The first kappa shape index (κ1) is 25.8. The molecule has 0 unspecified atom stereocenters. The van der Waals surface area contributed by atoms with E-state index in [0.29, 0.717) is 19.5 Å². The monoisotopic (exact) mass is 479 g/mol. The fourth-order valence-electron chi connectivity index (χ4n) is 3.28. The van der Waals surface area contributed by atoms with Crippen LogP contribution in [0.1, 0.15) is 26.3 Å². The van der Waals surface area contributed by atoms with E-state index in [4.69, 9.17) is 5.73 Å². The van der Waals surface area contributed by atoms with Crippen LogP contribution in [0.5, 0.6) is 0 Å². The number of nitrogens with one attached hydrogen (secondary N) is 1. The van der Waals surface area contributed by atoms with Crippen LogP contribution in [0.15, 0.2) is 35.2 Å². The molecule has 0 spiro atoms. The van der Waals surface area contributed by atoms with Crippen LogP contribution in [-0.2, 0) is 16.4 Å². The lowest BCUT2D eigenvalue weighted by atomic mass is 10.1. The lowest BCUT2D eigenvalue weighted by Gasteiger charge is -2.23. The number of aromatic nitrogens is 1. The van der Waals surface area contributed by atoms with Gasteiger partial charge in [0, 0.05) is 32.2 Å². The van der Waals surface area contributed by atoms with E-state index in [2.05, 4.69) is 10.3 Å². The van der Waals surface area contributed by atoms with Gasteiger partial charge >= 0.3 is 5.69 Å². The van der Waals surface area contributed by atoms with Crippen LogP contribution >= 0.6 is 0 Å². The molecule has 0 aliphatic carbocycles. The number of rotatable bonds is 11. The second-order valence-electron chi connectivity index (χ2n) is 6.94. The number of nitro groups is 1. The van der Waals surface area contributed by atoms with Crippen LogP contribution in [0, 0.1) is 10.1 Å². The molecule has 0 atom stereocenters. The van der Waals surface area contributed by atoms with Gasteiger partial charge in [0.05, 0.1) is 9.82 Å². The van der Waals surface area contributed by atoms with Gasteiger partial charge in [-0.25, -0.2) is 13.4 Å². The minimum atomic E-state index is -3.56. The van der Waals surface area contributed by atoms with Gasteiger partial charge in [0.15, 0.2) is 0 Å². The van der Waals surface area contributed by atoms with Crippen molar-refractivity contribution in [3.8, 4) is 0 Å². The third-order valence-electron chi connectivity index (χ3n) is 5.00. The van der Waals surface area contributed by atoms with E-state index >= 15 is 0 Å². The Kier molecular flexibility index (Phi) is 8.54. The lowest BCUT2D eigenvalue weighted by molar-refractivity contribution is -0.383. The van der Waals surface area contributed by atoms with Crippen molar-refractivity contribution in [2.75, 3.05) is 42.1 Å².